The van der Waals surface area contributed by atoms with Crippen LogP contribution < -0.4 is 10.5 Å². The average Bonchev–Trinajstić information content (AvgIpc) is 2.90. The molecule has 0 radical (unpaired) electrons. The number of carbonyl (C=O) groups excluding carboxylic acids is 1. The maximum absolute atomic E-state index is 12.7. The molecule has 0 aliphatic carbocycles. The zero-order chi connectivity index (χ0) is 15.5. The molecule has 0 fully saturated rings. The molecule has 2 aromatic carbocycles. The van der Waals surface area contributed by atoms with Gasteiger partial charge in [-0.25, -0.2) is 0 Å². The second-order valence-electron chi connectivity index (χ2n) is 5.06. The fraction of sp³-hybridized carbons (Fsp3) is 0.167. The molecule has 0 atom stereocenters. The van der Waals surface area contributed by atoms with Gasteiger partial charge >= 0.3 is 0 Å². The van der Waals surface area contributed by atoms with E-state index in [0.29, 0.717) is 29.2 Å². The number of rotatable bonds is 5. The van der Waals surface area contributed by atoms with E-state index < -0.39 is 0 Å². The third-order valence-electron chi connectivity index (χ3n) is 3.36. The second kappa shape index (κ2) is 5.93. The van der Waals surface area contributed by atoms with Crippen LogP contribution in [0, 0.1) is 0 Å². The van der Waals surface area contributed by atoms with Crippen LogP contribution in [0.5, 0.6) is 5.75 Å². The molecule has 1 heterocycles. The maximum Gasteiger partial charge on any atom is 0.232 e. The van der Waals surface area contributed by atoms with Crippen molar-refractivity contribution in [2.75, 3.05) is 12.3 Å². The van der Waals surface area contributed by atoms with E-state index in [1.54, 1.807) is 30.3 Å². The Hall–Kier alpha value is -2.75. The van der Waals surface area contributed by atoms with Crippen molar-refractivity contribution in [1.29, 1.82) is 0 Å². The molecule has 4 nitrogen and oxygen atoms in total. The highest BCUT2D eigenvalue weighted by Crippen LogP contribution is 2.35. The summed E-state index contributed by atoms with van der Waals surface area (Å²) in [4.78, 5) is 12.7. The van der Waals surface area contributed by atoms with Gasteiger partial charge in [-0.2, -0.15) is 0 Å². The average molecular weight is 295 g/mol. The quantitative estimate of drug-likeness (QED) is 0.570. The molecule has 0 amide bonds. The zero-order valence-corrected chi connectivity index (χ0v) is 12.3. The third-order valence-corrected chi connectivity index (χ3v) is 3.36. The van der Waals surface area contributed by atoms with Gasteiger partial charge in [0.1, 0.15) is 5.58 Å². The van der Waals surface area contributed by atoms with Crippen molar-refractivity contribution in [3.8, 4) is 5.75 Å². The van der Waals surface area contributed by atoms with Crippen molar-refractivity contribution >= 4 is 22.4 Å². The summed E-state index contributed by atoms with van der Waals surface area (Å²) < 4.78 is 11.5. The van der Waals surface area contributed by atoms with Crippen molar-refractivity contribution < 1.29 is 13.9 Å². The van der Waals surface area contributed by atoms with Crippen molar-refractivity contribution in [3.63, 3.8) is 0 Å². The van der Waals surface area contributed by atoms with Crippen molar-refractivity contribution in [2.24, 2.45) is 0 Å². The molecule has 112 valence electrons. The van der Waals surface area contributed by atoms with Gasteiger partial charge in [0, 0.05) is 11.3 Å². The highest BCUT2D eigenvalue weighted by molar-refractivity contribution is 6.12. The Morgan fingerprint density at radius 2 is 1.95 bits per heavy atom. The first-order valence-corrected chi connectivity index (χ1v) is 7.25. The van der Waals surface area contributed by atoms with Gasteiger partial charge in [-0.05, 0) is 24.6 Å². The Bertz CT molecular complexity index is 806. The molecule has 0 aliphatic rings. The van der Waals surface area contributed by atoms with Gasteiger partial charge < -0.3 is 14.9 Å². The molecule has 0 spiro atoms. The summed E-state index contributed by atoms with van der Waals surface area (Å²) in [5, 5.41) is 0.729. The fourth-order valence-electron chi connectivity index (χ4n) is 2.31. The van der Waals surface area contributed by atoms with E-state index in [1.165, 1.54) is 0 Å². The molecule has 3 aromatic rings. The normalized spacial score (nSPS) is 10.8. The van der Waals surface area contributed by atoms with Gasteiger partial charge in [-0.1, -0.05) is 37.3 Å². The molecule has 0 unspecified atom stereocenters. The zero-order valence-electron chi connectivity index (χ0n) is 12.3. The monoisotopic (exact) mass is 295 g/mol. The number of nitrogen functional groups attached to an aromatic ring is 1. The fourth-order valence-corrected chi connectivity index (χ4v) is 2.31. The van der Waals surface area contributed by atoms with E-state index in [2.05, 4.69) is 0 Å². The Kier molecular flexibility index (Phi) is 3.83. The van der Waals surface area contributed by atoms with Crippen LogP contribution in [0.2, 0.25) is 0 Å². The van der Waals surface area contributed by atoms with Crippen LogP contribution >= 0.6 is 0 Å². The summed E-state index contributed by atoms with van der Waals surface area (Å²) in [6.45, 7) is 2.52. The van der Waals surface area contributed by atoms with Crippen LogP contribution in [0.25, 0.3) is 11.0 Å². The summed E-state index contributed by atoms with van der Waals surface area (Å²) >= 11 is 0. The van der Waals surface area contributed by atoms with Crippen LogP contribution in [0.3, 0.4) is 0 Å². The molecule has 0 saturated carbocycles. The van der Waals surface area contributed by atoms with E-state index in [9.17, 15) is 4.79 Å². The van der Waals surface area contributed by atoms with E-state index in [-0.39, 0.29) is 11.5 Å². The number of benzene rings is 2. The number of nitrogens with two attached hydrogens (primary N) is 1. The van der Waals surface area contributed by atoms with Gasteiger partial charge in [0.25, 0.3) is 0 Å². The highest BCUT2D eigenvalue weighted by Gasteiger charge is 2.23. The summed E-state index contributed by atoms with van der Waals surface area (Å²) in [6.07, 6.45) is 0.841. The second-order valence-corrected chi connectivity index (χ2v) is 5.06. The lowest BCUT2D eigenvalue weighted by Crippen LogP contribution is -2.04. The van der Waals surface area contributed by atoms with E-state index in [4.69, 9.17) is 14.9 Å². The number of fused-ring (bicyclic) bond motifs is 1. The van der Waals surface area contributed by atoms with Crippen LogP contribution in [0.1, 0.15) is 29.5 Å². The van der Waals surface area contributed by atoms with Gasteiger partial charge in [0.05, 0.1) is 12.0 Å². The Morgan fingerprint density at radius 3 is 2.68 bits per heavy atom. The summed E-state index contributed by atoms with van der Waals surface area (Å²) in [5.74, 6) is 0.500. The lowest BCUT2D eigenvalue weighted by atomic mass is 10.1. The minimum Gasteiger partial charge on any atom is -0.489 e. The van der Waals surface area contributed by atoms with E-state index in [1.807, 2.05) is 25.1 Å². The Labute approximate surface area is 128 Å². The van der Waals surface area contributed by atoms with Crippen LogP contribution in [0.15, 0.2) is 52.9 Å². The minimum absolute atomic E-state index is 0.193. The van der Waals surface area contributed by atoms with E-state index in [0.717, 1.165) is 11.8 Å². The number of ether oxygens (including phenoxy) is 1. The molecule has 0 saturated heterocycles. The summed E-state index contributed by atoms with van der Waals surface area (Å²) in [6, 6.07) is 14.3. The van der Waals surface area contributed by atoms with E-state index >= 15 is 0 Å². The molecule has 2 N–H and O–H groups in total. The SMILES string of the molecule is CCCOc1c(C(=O)c2ccccc2)oc2ccc(N)cc12. The third kappa shape index (κ3) is 2.55. The molecule has 4 heteroatoms. The van der Waals surface area contributed by atoms with Crippen molar-refractivity contribution in [3.05, 3.63) is 59.9 Å². The van der Waals surface area contributed by atoms with Gasteiger partial charge in [0.15, 0.2) is 5.75 Å². The molecule has 0 bridgehead atoms. The van der Waals surface area contributed by atoms with Gasteiger partial charge in [-0.3, -0.25) is 4.79 Å². The van der Waals surface area contributed by atoms with Crippen LogP contribution in [-0.2, 0) is 0 Å². The Morgan fingerprint density at radius 1 is 1.18 bits per heavy atom. The highest BCUT2D eigenvalue weighted by atomic mass is 16.5. The largest absolute Gasteiger partial charge is 0.489 e. The molecule has 22 heavy (non-hydrogen) atoms. The first-order valence-electron chi connectivity index (χ1n) is 7.25. The number of carbonyl (C=O) groups is 1. The lowest BCUT2D eigenvalue weighted by Gasteiger charge is -2.05. The first kappa shape index (κ1) is 14.2. The molecule has 1 aromatic heterocycles. The summed E-state index contributed by atoms with van der Waals surface area (Å²) in [7, 11) is 0. The number of hydrogen-bond acceptors (Lipinski definition) is 4. The van der Waals surface area contributed by atoms with Gasteiger partial charge in [-0.15, -0.1) is 0 Å². The first-order chi connectivity index (χ1) is 10.7. The predicted molar refractivity (Wildman–Crippen MR) is 86.3 cm³/mol. The molecular weight excluding hydrogens is 278 g/mol. The molecule has 0 aliphatic heterocycles. The number of anilines is 1. The number of hydrogen-bond donors (Lipinski definition) is 1. The van der Waals surface area contributed by atoms with Crippen LogP contribution in [0.4, 0.5) is 5.69 Å². The van der Waals surface area contributed by atoms with Crippen molar-refractivity contribution in [1.82, 2.24) is 0 Å². The topological polar surface area (TPSA) is 65.5 Å². The Balaban J connectivity index is 2.13. The summed E-state index contributed by atoms with van der Waals surface area (Å²) in [5.41, 5.74) is 7.60. The molecular formula is C18H17NO3. The predicted octanol–water partition coefficient (Wildman–Crippen LogP) is 4.03. The minimum atomic E-state index is -0.193. The number of furan rings is 1. The molecule has 3 rings (SSSR count). The maximum atomic E-state index is 12.7. The van der Waals surface area contributed by atoms with Gasteiger partial charge in [0.2, 0.25) is 11.5 Å². The van der Waals surface area contributed by atoms with Crippen LogP contribution in [-0.4, -0.2) is 12.4 Å². The standard InChI is InChI=1S/C18H17NO3/c1-2-10-21-17-14-11-13(19)8-9-15(14)22-18(17)16(20)12-6-4-3-5-7-12/h3-9,11H,2,10,19H2,1H3. The lowest BCUT2D eigenvalue weighted by molar-refractivity contribution is 0.101. The smallest absolute Gasteiger partial charge is 0.232 e. The number of ketones is 1. The van der Waals surface area contributed by atoms with Crippen molar-refractivity contribution in [2.45, 2.75) is 13.3 Å².